The lowest BCUT2D eigenvalue weighted by Gasteiger charge is -2.30. The van der Waals surface area contributed by atoms with Crippen LogP contribution in [0.2, 0.25) is 0 Å². The molecule has 0 fully saturated rings. The Bertz CT molecular complexity index is 1140. The summed E-state index contributed by atoms with van der Waals surface area (Å²) in [5, 5.41) is 13.9. The highest BCUT2D eigenvalue weighted by Crippen LogP contribution is 2.32. The number of amides is 1. The van der Waals surface area contributed by atoms with Gasteiger partial charge < -0.3 is 35.1 Å². The summed E-state index contributed by atoms with van der Waals surface area (Å²) in [5.41, 5.74) is 8.04. The predicted octanol–water partition coefficient (Wildman–Crippen LogP) is 5.88. The van der Waals surface area contributed by atoms with Crippen LogP contribution in [0.15, 0.2) is 42.5 Å². The number of hydrogen-bond donors (Lipinski definition) is 3. The smallest absolute Gasteiger partial charge is 0.493 e. The van der Waals surface area contributed by atoms with Crippen molar-refractivity contribution in [2.75, 3.05) is 27.4 Å². The molecule has 0 aliphatic rings. The van der Waals surface area contributed by atoms with Crippen molar-refractivity contribution in [3.05, 3.63) is 53.6 Å². The highest BCUT2D eigenvalue weighted by Gasteiger charge is 2.32. The van der Waals surface area contributed by atoms with E-state index in [9.17, 15) is 23.1 Å². The van der Waals surface area contributed by atoms with E-state index in [0.717, 1.165) is 18.4 Å². The van der Waals surface area contributed by atoms with Crippen molar-refractivity contribution < 1.29 is 42.0 Å². The third-order valence-electron chi connectivity index (χ3n) is 7.72. The molecular weight excluding hydrogens is 577 g/mol. The first-order valence-electron chi connectivity index (χ1n) is 15.1. The zero-order chi connectivity index (χ0) is 32.9. The van der Waals surface area contributed by atoms with Gasteiger partial charge in [-0.2, -0.15) is 0 Å². The van der Waals surface area contributed by atoms with Crippen LogP contribution < -0.4 is 25.3 Å². The Kier molecular flexibility index (Phi) is 15.3. The van der Waals surface area contributed by atoms with E-state index in [0.29, 0.717) is 36.7 Å². The largest absolute Gasteiger partial charge is 0.573 e. The Hall–Kier alpha value is -3.02. The minimum Gasteiger partial charge on any atom is -0.493 e. The second kappa shape index (κ2) is 18.1. The molecule has 0 heterocycles. The Morgan fingerprint density at radius 2 is 1.68 bits per heavy atom. The molecule has 0 saturated heterocycles. The highest BCUT2D eigenvalue weighted by molar-refractivity contribution is 5.78. The van der Waals surface area contributed by atoms with Crippen molar-refractivity contribution in [3.63, 3.8) is 0 Å². The number of methoxy groups -OCH3 is 2. The van der Waals surface area contributed by atoms with Crippen LogP contribution in [0.5, 0.6) is 17.2 Å². The number of aliphatic hydroxyl groups excluding tert-OH is 1. The van der Waals surface area contributed by atoms with Crippen LogP contribution in [0, 0.1) is 23.7 Å². The topological polar surface area (TPSA) is 112 Å². The third kappa shape index (κ3) is 12.9. The Balaban J connectivity index is 2.01. The Morgan fingerprint density at radius 1 is 0.955 bits per heavy atom. The van der Waals surface area contributed by atoms with Gasteiger partial charge in [0.2, 0.25) is 5.91 Å². The molecule has 2 rings (SSSR count). The van der Waals surface area contributed by atoms with Gasteiger partial charge >= 0.3 is 6.36 Å². The maximum Gasteiger partial charge on any atom is 0.573 e. The molecule has 2 aromatic rings. The zero-order valence-corrected chi connectivity index (χ0v) is 26.7. The van der Waals surface area contributed by atoms with E-state index in [1.165, 1.54) is 18.2 Å². The van der Waals surface area contributed by atoms with Gasteiger partial charge in [0.1, 0.15) is 5.75 Å². The number of halogens is 3. The summed E-state index contributed by atoms with van der Waals surface area (Å²) in [7, 11) is 3.25. The molecule has 0 radical (unpaired) electrons. The van der Waals surface area contributed by atoms with Crippen molar-refractivity contribution in [3.8, 4) is 17.2 Å². The van der Waals surface area contributed by atoms with E-state index in [1.807, 2.05) is 32.0 Å². The van der Waals surface area contributed by atoms with Crippen LogP contribution in [-0.4, -0.2) is 57.0 Å². The summed E-state index contributed by atoms with van der Waals surface area (Å²) < 4.78 is 58.2. The van der Waals surface area contributed by atoms with Gasteiger partial charge in [0.05, 0.1) is 19.8 Å². The molecule has 0 aliphatic heterocycles. The number of aliphatic hydroxyl groups is 1. The van der Waals surface area contributed by atoms with Crippen molar-refractivity contribution in [2.24, 2.45) is 29.4 Å². The zero-order valence-electron chi connectivity index (χ0n) is 26.7. The fourth-order valence-corrected chi connectivity index (χ4v) is 5.04. The second-order valence-corrected chi connectivity index (χ2v) is 11.9. The Morgan fingerprint density at radius 3 is 2.30 bits per heavy atom. The molecule has 44 heavy (non-hydrogen) atoms. The number of benzene rings is 2. The average molecular weight is 627 g/mol. The van der Waals surface area contributed by atoms with Crippen molar-refractivity contribution in [1.29, 1.82) is 0 Å². The molecule has 8 nitrogen and oxygen atoms in total. The molecule has 11 heteroatoms. The number of carbonyl (C=O) groups excluding carboxylic acids is 1. The molecule has 0 aliphatic carbocycles. The van der Waals surface area contributed by atoms with E-state index in [-0.39, 0.29) is 42.4 Å². The maximum absolute atomic E-state index is 13.1. The van der Waals surface area contributed by atoms with Crippen LogP contribution in [0.3, 0.4) is 0 Å². The van der Waals surface area contributed by atoms with E-state index < -0.39 is 24.4 Å². The molecule has 4 N–H and O–H groups in total. The van der Waals surface area contributed by atoms with Gasteiger partial charge in [-0.05, 0) is 72.4 Å². The fourth-order valence-electron chi connectivity index (χ4n) is 5.04. The minimum atomic E-state index is -4.80. The van der Waals surface area contributed by atoms with Gasteiger partial charge in [-0.25, -0.2) is 0 Å². The quantitative estimate of drug-likeness (QED) is 0.167. The first-order valence-corrected chi connectivity index (χ1v) is 15.1. The molecule has 0 bridgehead atoms. The lowest BCUT2D eigenvalue weighted by Crippen LogP contribution is -2.42. The Labute approximate surface area is 259 Å². The number of nitrogens with one attached hydrogen (secondary N) is 1. The molecule has 0 spiro atoms. The van der Waals surface area contributed by atoms with Crippen LogP contribution in [0.1, 0.15) is 58.1 Å². The van der Waals surface area contributed by atoms with E-state index >= 15 is 0 Å². The maximum atomic E-state index is 13.1. The van der Waals surface area contributed by atoms with Gasteiger partial charge in [-0.3, -0.25) is 4.79 Å². The highest BCUT2D eigenvalue weighted by atomic mass is 19.4. The number of hydrogen-bond acceptors (Lipinski definition) is 7. The van der Waals surface area contributed by atoms with Crippen LogP contribution in [0.4, 0.5) is 13.2 Å². The first kappa shape index (κ1) is 37.2. The normalized spacial score (nSPS) is 14.7. The summed E-state index contributed by atoms with van der Waals surface area (Å²) in [6.45, 7) is 9.14. The van der Waals surface area contributed by atoms with Gasteiger partial charge in [0.15, 0.2) is 11.5 Å². The van der Waals surface area contributed by atoms with E-state index in [4.69, 9.17) is 19.9 Å². The third-order valence-corrected chi connectivity index (χ3v) is 7.72. The van der Waals surface area contributed by atoms with Crippen molar-refractivity contribution >= 4 is 5.91 Å². The lowest BCUT2D eigenvalue weighted by molar-refractivity contribution is -0.274. The van der Waals surface area contributed by atoms with Crippen LogP contribution >= 0.6 is 0 Å². The van der Waals surface area contributed by atoms with E-state index in [2.05, 4.69) is 23.9 Å². The standard InChI is InChI=1S/C33H49F3N2O6/c1-21(2)25(15-23-11-12-30(42-6)31(17-23)43-14-8-13-41-5)18-28(37)29(39)19-27(22(3)4)32(40)38-20-24-9-7-10-26(16-24)44-33(34,35)36/h7,9-12,16-17,21-22,25,27-29,39H,8,13-15,18-20,37H2,1-6H3,(H,38,40)/t25-,27-,28-,29-/m0/s1. The molecule has 248 valence electrons. The van der Waals surface area contributed by atoms with Gasteiger partial charge in [-0.1, -0.05) is 45.9 Å². The number of rotatable bonds is 19. The number of alkyl halides is 3. The summed E-state index contributed by atoms with van der Waals surface area (Å²) in [6, 6.07) is 10.8. The van der Waals surface area contributed by atoms with Crippen molar-refractivity contribution in [2.45, 2.75) is 78.4 Å². The van der Waals surface area contributed by atoms with Crippen LogP contribution in [0.25, 0.3) is 0 Å². The van der Waals surface area contributed by atoms with E-state index in [1.54, 1.807) is 20.3 Å². The molecule has 0 unspecified atom stereocenters. The molecule has 2 aromatic carbocycles. The summed E-state index contributed by atoms with van der Waals surface area (Å²) >= 11 is 0. The molecule has 1 amide bonds. The SMILES string of the molecule is COCCCOc1cc(C[C@@H](C[C@H](N)[C@@H](O)C[C@H](C(=O)NCc2cccc(OC(F)(F)F)c2)C(C)C)C(C)C)ccc1OC. The van der Waals surface area contributed by atoms with Gasteiger partial charge in [0.25, 0.3) is 0 Å². The molecule has 0 aromatic heterocycles. The second-order valence-electron chi connectivity index (χ2n) is 11.9. The number of nitrogens with two attached hydrogens (primary N) is 1. The van der Waals surface area contributed by atoms with Crippen LogP contribution in [-0.2, 0) is 22.5 Å². The average Bonchev–Trinajstić information content (AvgIpc) is 2.95. The summed E-state index contributed by atoms with van der Waals surface area (Å²) in [5.74, 6) is 0.464. The van der Waals surface area contributed by atoms with Gasteiger partial charge in [-0.15, -0.1) is 13.2 Å². The lowest BCUT2D eigenvalue weighted by atomic mass is 9.81. The summed E-state index contributed by atoms with van der Waals surface area (Å²) in [4.78, 5) is 13.1. The first-order chi connectivity index (χ1) is 20.7. The molecule has 4 atom stereocenters. The predicted molar refractivity (Wildman–Crippen MR) is 164 cm³/mol. The molecular formula is C33H49F3N2O6. The van der Waals surface area contributed by atoms with Crippen molar-refractivity contribution in [1.82, 2.24) is 5.32 Å². The monoisotopic (exact) mass is 626 g/mol. The molecule has 0 saturated carbocycles. The minimum absolute atomic E-state index is 0.0224. The fraction of sp³-hybridized carbons (Fsp3) is 0.606. The number of carbonyl (C=O) groups is 1. The van der Waals surface area contributed by atoms with Gasteiger partial charge in [0, 0.05) is 38.6 Å². The number of ether oxygens (including phenoxy) is 4. The summed E-state index contributed by atoms with van der Waals surface area (Å²) in [6.07, 6.45) is -3.54.